The Morgan fingerprint density at radius 1 is 1.25 bits per heavy atom. The highest BCUT2D eigenvalue weighted by Gasteiger charge is 2.41. The molecule has 0 saturated heterocycles. The second-order valence-electron chi connectivity index (χ2n) is 6.71. The molecule has 2 aliphatic rings. The summed E-state index contributed by atoms with van der Waals surface area (Å²) in [6.45, 7) is 3.63. The number of ether oxygens (including phenoxy) is 2. The summed E-state index contributed by atoms with van der Waals surface area (Å²) in [5.74, 6) is -0.414. The Balaban J connectivity index is 1.70. The van der Waals surface area contributed by atoms with E-state index in [0.29, 0.717) is 29.9 Å². The fourth-order valence-electron chi connectivity index (χ4n) is 3.20. The third-order valence-electron chi connectivity index (χ3n) is 4.62. The number of fused-ring (bicyclic) bond motifs is 1. The summed E-state index contributed by atoms with van der Waals surface area (Å²) < 4.78 is 11.3. The number of esters is 1. The molecule has 1 heterocycles. The number of rotatable bonds is 3. The molecule has 1 saturated carbocycles. The van der Waals surface area contributed by atoms with E-state index in [4.69, 9.17) is 21.1 Å². The van der Waals surface area contributed by atoms with Crippen molar-refractivity contribution in [2.24, 2.45) is 11.8 Å². The number of hydrogen-bond acceptors (Lipinski definition) is 4. The Morgan fingerprint density at radius 2 is 1.96 bits per heavy atom. The van der Waals surface area contributed by atoms with Crippen molar-refractivity contribution in [3.63, 3.8) is 0 Å². The Kier molecular flexibility index (Phi) is 4.95. The van der Waals surface area contributed by atoms with Gasteiger partial charge in [0.05, 0.1) is 23.7 Å². The fourth-order valence-corrected chi connectivity index (χ4v) is 3.33. The van der Waals surface area contributed by atoms with Gasteiger partial charge in [-0.25, -0.2) is 0 Å². The second kappa shape index (κ2) is 6.98. The van der Waals surface area contributed by atoms with Crippen molar-refractivity contribution in [3.05, 3.63) is 41.1 Å². The maximum atomic E-state index is 12.8. The topological polar surface area (TPSA) is 52.6 Å². The van der Waals surface area contributed by atoms with Gasteiger partial charge in [0.2, 0.25) is 0 Å². The molecule has 3 unspecified atom stereocenters. The molecule has 1 aromatic rings. The molecule has 1 aliphatic heterocycles. The van der Waals surface area contributed by atoms with E-state index < -0.39 is 0 Å². The molecule has 3 atom stereocenters. The first-order valence-electron chi connectivity index (χ1n) is 8.32. The highest BCUT2D eigenvalue weighted by molar-refractivity contribution is 6.30. The molecular weight excluding hydrogens is 328 g/mol. The van der Waals surface area contributed by atoms with E-state index >= 15 is 0 Å². The first-order valence-corrected chi connectivity index (χ1v) is 8.69. The zero-order chi connectivity index (χ0) is 17.3. The quantitative estimate of drug-likeness (QED) is 0.774. The lowest BCUT2D eigenvalue weighted by atomic mass is 9.78. The van der Waals surface area contributed by atoms with E-state index in [0.717, 1.165) is 5.56 Å². The van der Waals surface area contributed by atoms with E-state index in [1.54, 1.807) is 18.4 Å². The lowest BCUT2D eigenvalue weighted by molar-refractivity contribution is -0.158. The van der Waals surface area contributed by atoms with E-state index in [1.165, 1.54) is 0 Å². The van der Waals surface area contributed by atoms with Crippen molar-refractivity contribution < 1.29 is 19.1 Å². The molecule has 0 bridgehead atoms. The third kappa shape index (κ3) is 3.48. The highest BCUT2D eigenvalue weighted by Crippen LogP contribution is 2.37. The highest BCUT2D eigenvalue weighted by atomic mass is 35.5. The number of allylic oxidation sites excluding steroid dienone is 1. The molecule has 3 rings (SSSR count). The van der Waals surface area contributed by atoms with Crippen LogP contribution < -0.4 is 0 Å². The normalized spacial score (nSPS) is 26.4. The summed E-state index contributed by atoms with van der Waals surface area (Å²) in [5.41, 5.74) is 1.40. The molecule has 128 valence electrons. The van der Waals surface area contributed by atoms with Crippen LogP contribution in [-0.4, -0.2) is 24.0 Å². The van der Waals surface area contributed by atoms with Gasteiger partial charge in [-0.05, 0) is 30.5 Å². The molecule has 5 heteroatoms. The largest absolute Gasteiger partial charge is 0.496 e. The van der Waals surface area contributed by atoms with Crippen molar-refractivity contribution in [3.8, 4) is 0 Å². The minimum atomic E-state index is -0.215. The number of Topliss-reactive ketones (excluding diaryl/α,β-unsaturated/α-hetero) is 1. The predicted octanol–water partition coefficient (Wildman–Crippen LogP) is 4.02. The monoisotopic (exact) mass is 348 g/mol. The first-order chi connectivity index (χ1) is 11.5. The zero-order valence-electron chi connectivity index (χ0n) is 13.8. The predicted molar refractivity (Wildman–Crippen MR) is 91.4 cm³/mol. The molecule has 1 aliphatic carbocycles. The van der Waals surface area contributed by atoms with Crippen LogP contribution in [0.2, 0.25) is 5.02 Å². The molecule has 4 nitrogen and oxygen atoms in total. The number of hydrogen-bond donors (Lipinski definition) is 0. The molecular formula is C19H21ClO4. The molecule has 0 N–H and O–H groups in total. The third-order valence-corrected chi connectivity index (χ3v) is 4.87. The van der Waals surface area contributed by atoms with Crippen LogP contribution in [0, 0.1) is 11.8 Å². The zero-order valence-corrected chi connectivity index (χ0v) is 14.6. The van der Waals surface area contributed by atoms with Crippen molar-refractivity contribution in [1.29, 1.82) is 0 Å². The van der Waals surface area contributed by atoms with Crippen LogP contribution in [0.25, 0.3) is 5.57 Å². The van der Waals surface area contributed by atoms with Crippen LogP contribution in [-0.2, 0) is 19.1 Å². The van der Waals surface area contributed by atoms with Gasteiger partial charge in [-0.15, -0.1) is 0 Å². The standard InChI is InChI=1S/C19H21ClO4/c1-11(2)19(22)24-14-7-8-15-17(9-14)23-10-16(18(15)21)12-3-5-13(20)6-4-12/h3-6,10-11,14-15,17H,7-9H2,1-2H3. The minimum absolute atomic E-state index is 0.0993. The van der Waals surface area contributed by atoms with E-state index in [2.05, 4.69) is 0 Å². The summed E-state index contributed by atoms with van der Waals surface area (Å²) >= 11 is 5.90. The van der Waals surface area contributed by atoms with Gasteiger partial charge in [0, 0.05) is 11.4 Å². The van der Waals surface area contributed by atoms with Crippen molar-refractivity contribution in [2.75, 3.05) is 0 Å². The van der Waals surface area contributed by atoms with Gasteiger partial charge in [0.1, 0.15) is 12.2 Å². The molecule has 0 radical (unpaired) electrons. The van der Waals surface area contributed by atoms with Crippen molar-refractivity contribution in [1.82, 2.24) is 0 Å². The maximum absolute atomic E-state index is 12.8. The number of ketones is 1. The average Bonchev–Trinajstić information content (AvgIpc) is 2.56. The second-order valence-corrected chi connectivity index (χ2v) is 7.15. The number of carbonyl (C=O) groups excluding carboxylic acids is 2. The minimum Gasteiger partial charge on any atom is -0.496 e. The van der Waals surface area contributed by atoms with Gasteiger partial charge < -0.3 is 9.47 Å². The summed E-state index contributed by atoms with van der Waals surface area (Å²) in [6, 6.07) is 7.18. The van der Waals surface area contributed by atoms with Crippen LogP contribution in [0.1, 0.15) is 38.7 Å². The van der Waals surface area contributed by atoms with E-state index in [-0.39, 0.29) is 35.8 Å². The van der Waals surface area contributed by atoms with Gasteiger partial charge in [-0.3, -0.25) is 9.59 Å². The van der Waals surface area contributed by atoms with E-state index in [9.17, 15) is 9.59 Å². The van der Waals surface area contributed by atoms with Crippen LogP contribution in [0.4, 0.5) is 0 Å². The van der Waals surface area contributed by atoms with Crippen LogP contribution in [0.5, 0.6) is 0 Å². The van der Waals surface area contributed by atoms with Crippen LogP contribution in [0.15, 0.2) is 30.5 Å². The van der Waals surface area contributed by atoms with Crippen LogP contribution >= 0.6 is 11.6 Å². The SMILES string of the molecule is CC(C)C(=O)OC1CCC2C(=O)C(c3ccc(Cl)cc3)=COC2C1. The lowest BCUT2D eigenvalue weighted by Gasteiger charge is -2.37. The lowest BCUT2D eigenvalue weighted by Crippen LogP contribution is -2.42. The Labute approximate surface area is 146 Å². The Bertz CT molecular complexity index is 662. The summed E-state index contributed by atoms with van der Waals surface area (Å²) in [7, 11) is 0. The Hall–Kier alpha value is -1.81. The summed E-state index contributed by atoms with van der Waals surface area (Å²) in [4.78, 5) is 24.5. The first kappa shape index (κ1) is 17.0. The van der Waals surface area contributed by atoms with Gasteiger partial charge in [-0.1, -0.05) is 37.6 Å². The van der Waals surface area contributed by atoms with Gasteiger partial charge in [0.25, 0.3) is 0 Å². The number of benzene rings is 1. The smallest absolute Gasteiger partial charge is 0.308 e. The Morgan fingerprint density at radius 3 is 2.62 bits per heavy atom. The van der Waals surface area contributed by atoms with E-state index in [1.807, 2.05) is 26.0 Å². The van der Waals surface area contributed by atoms with Crippen molar-refractivity contribution >= 4 is 28.9 Å². The molecule has 0 aromatic heterocycles. The number of carbonyl (C=O) groups is 2. The van der Waals surface area contributed by atoms with Gasteiger partial charge in [0.15, 0.2) is 5.78 Å². The summed E-state index contributed by atoms with van der Waals surface area (Å²) in [5, 5.41) is 0.633. The number of halogens is 1. The summed E-state index contributed by atoms with van der Waals surface area (Å²) in [6.07, 6.45) is 3.10. The van der Waals surface area contributed by atoms with Gasteiger partial charge >= 0.3 is 5.97 Å². The molecule has 0 spiro atoms. The molecule has 1 aromatic carbocycles. The molecule has 1 fully saturated rings. The van der Waals surface area contributed by atoms with Gasteiger partial charge in [-0.2, -0.15) is 0 Å². The van der Waals surface area contributed by atoms with Crippen molar-refractivity contribution in [2.45, 2.75) is 45.3 Å². The molecule has 24 heavy (non-hydrogen) atoms. The van der Waals surface area contributed by atoms with Crippen LogP contribution in [0.3, 0.4) is 0 Å². The maximum Gasteiger partial charge on any atom is 0.308 e. The fraction of sp³-hybridized carbons (Fsp3) is 0.474. The average molecular weight is 349 g/mol. The molecule has 0 amide bonds.